The first kappa shape index (κ1) is 58.0. The fraction of sp³-hybridized carbons (Fsp3) is 0.849. The van der Waals surface area contributed by atoms with Gasteiger partial charge in [-0.3, -0.25) is 0 Å². The normalized spacial score (nSPS) is 25.8. The predicted octanol–water partition coefficient (Wildman–Crippen LogP) is 13.2. The molecule has 5 aliphatic rings. The van der Waals surface area contributed by atoms with Gasteiger partial charge in [0.1, 0.15) is 0 Å². The molecule has 3 fully saturated rings. The third kappa shape index (κ3) is 17.1. The zero-order valence-electron chi connectivity index (χ0n) is 43.2. The fourth-order valence-electron chi connectivity index (χ4n) is 11.8. The van der Waals surface area contributed by atoms with Gasteiger partial charge in [-0.25, -0.2) is 0 Å². The van der Waals surface area contributed by atoms with Crippen molar-refractivity contribution in [3.8, 4) is 0 Å². The van der Waals surface area contributed by atoms with E-state index in [2.05, 4.69) is 123 Å². The molecule has 0 nitrogen and oxygen atoms in total. The molecule has 6 atom stereocenters. The zero-order chi connectivity index (χ0) is 42.1. The molecule has 0 saturated heterocycles. The SMILES string of the molecule is CCCCC1=CC([Si](C)(C)[Si](C)(C)C2C=CC(CCCC)=C2)C=C1.CCCCC1CCC([Si](C)(C)[Si](C)(C)C2CCC(CCCC)C2)C1.CCCCC1CCCC1.[Li+].[Li+]. The Morgan fingerprint density at radius 3 is 1.10 bits per heavy atom. The Morgan fingerprint density at radius 1 is 0.424 bits per heavy atom. The molecule has 0 aromatic rings. The van der Waals surface area contributed by atoms with Crippen LogP contribution in [-0.2, 0) is 0 Å². The maximum Gasteiger partial charge on any atom is 1.00 e. The Kier molecular flexibility index (Phi) is 28.4. The minimum Gasteiger partial charge on any atom is -0.0803 e. The Hall–Kier alpha value is 1.02. The van der Waals surface area contributed by atoms with Crippen LogP contribution in [0.3, 0.4) is 0 Å². The number of hydrogen-bond donors (Lipinski definition) is 0. The third-order valence-electron chi connectivity index (χ3n) is 17.9. The standard InChI is InChI=1S/C22H46Si2.C22H38Si2.C9H18.2Li/c2*1-7-9-11-19-13-15-21(17-19)23(3,4)24(5,6)22-16-14-20(18-22)12-10-8-2;1-2-3-6-9-7-4-5-8-9;;/h19-22H,7-18H2,1-6H3;13-18,21-22H,7-12H2,1-6H3;9H,2-8H2,1H3;;/q;;;2*+1. The first-order valence-corrected chi connectivity index (χ1v) is 40.2. The van der Waals surface area contributed by atoms with Crippen LogP contribution in [-0.4, -0.2) is 30.4 Å². The van der Waals surface area contributed by atoms with Crippen LogP contribution in [0.25, 0.3) is 0 Å². The molecular formula is C53H102Li2Si4+2. The molecule has 5 aliphatic carbocycles. The Labute approximate surface area is 400 Å². The molecule has 5 rings (SSSR count). The molecule has 0 spiro atoms. The summed E-state index contributed by atoms with van der Waals surface area (Å²) < 4.78 is 0. The number of allylic oxidation sites excluding steroid dienone is 8. The Morgan fingerprint density at radius 2 is 0.763 bits per heavy atom. The molecule has 0 aromatic carbocycles. The monoisotopic (exact) mass is 865 g/mol. The van der Waals surface area contributed by atoms with Crippen molar-refractivity contribution in [2.45, 2.75) is 270 Å². The van der Waals surface area contributed by atoms with Gasteiger partial charge in [-0.05, 0) is 65.6 Å². The van der Waals surface area contributed by atoms with Crippen molar-refractivity contribution in [2.75, 3.05) is 0 Å². The van der Waals surface area contributed by atoms with Crippen LogP contribution in [0.2, 0.25) is 74.5 Å². The van der Waals surface area contributed by atoms with Crippen LogP contribution in [0.15, 0.2) is 47.6 Å². The maximum atomic E-state index is 2.82. The van der Waals surface area contributed by atoms with Crippen LogP contribution in [0.1, 0.15) is 195 Å². The van der Waals surface area contributed by atoms with Gasteiger partial charge in [-0.15, -0.1) is 0 Å². The van der Waals surface area contributed by atoms with Gasteiger partial charge >= 0.3 is 37.7 Å². The molecule has 330 valence electrons. The minimum atomic E-state index is -1.32. The number of hydrogen-bond acceptors (Lipinski definition) is 0. The molecule has 0 heterocycles. The van der Waals surface area contributed by atoms with E-state index in [9.17, 15) is 0 Å². The average Bonchev–Trinajstić information content (AvgIpc) is 4.05. The summed E-state index contributed by atoms with van der Waals surface area (Å²) in [7, 11) is -4.78. The first-order chi connectivity index (χ1) is 27.1. The maximum absolute atomic E-state index is 2.82. The fourth-order valence-corrected chi connectivity index (χ4v) is 35.8. The summed E-state index contributed by atoms with van der Waals surface area (Å²) in [6.07, 6.45) is 51.8. The minimum absolute atomic E-state index is 0. The van der Waals surface area contributed by atoms with Gasteiger partial charge in [0.2, 0.25) is 0 Å². The van der Waals surface area contributed by atoms with Crippen LogP contribution < -0.4 is 37.7 Å². The zero-order valence-corrected chi connectivity index (χ0v) is 47.2. The largest absolute Gasteiger partial charge is 1.00 e. The van der Waals surface area contributed by atoms with Gasteiger partial charge in [-0.1, -0.05) is 269 Å². The summed E-state index contributed by atoms with van der Waals surface area (Å²) in [6.45, 7) is 33.5. The molecule has 3 saturated carbocycles. The summed E-state index contributed by atoms with van der Waals surface area (Å²) in [6, 6.07) is 0. The van der Waals surface area contributed by atoms with Crippen LogP contribution in [0.5, 0.6) is 0 Å². The van der Waals surface area contributed by atoms with Crippen molar-refractivity contribution in [3.05, 3.63) is 47.6 Å². The summed E-state index contributed by atoms with van der Waals surface area (Å²) in [5, 5.41) is 0. The summed E-state index contributed by atoms with van der Waals surface area (Å²) in [5.41, 5.74) is 7.05. The smallest absolute Gasteiger partial charge is 0.0803 e. The molecule has 0 N–H and O–H groups in total. The summed E-state index contributed by atoms with van der Waals surface area (Å²) in [4.78, 5) is 0. The third-order valence-corrected chi connectivity index (χ3v) is 58.1. The van der Waals surface area contributed by atoms with Gasteiger partial charge in [0.15, 0.2) is 0 Å². The van der Waals surface area contributed by atoms with Crippen molar-refractivity contribution in [1.29, 1.82) is 0 Å². The molecule has 0 amide bonds. The molecule has 6 unspecified atom stereocenters. The van der Waals surface area contributed by atoms with Crippen molar-refractivity contribution < 1.29 is 37.7 Å². The molecular weight excluding hydrogens is 763 g/mol. The molecule has 0 radical (unpaired) electrons. The molecule has 6 heteroatoms. The van der Waals surface area contributed by atoms with Gasteiger partial charge in [0.05, 0.1) is 15.2 Å². The van der Waals surface area contributed by atoms with E-state index >= 15 is 0 Å². The van der Waals surface area contributed by atoms with Gasteiger partial charge in [0, 0.05) is 15.2 Å². The second kappa shape index (κ2) is 28.8. The average molecular weight is 866 g/mol. The predicted molar refractivity (Wildman–Crippen MR) is 274 cm³/mol. The van der Waals surface area contributed by atoms with E-state index in [0.29, 0.717) is 0 Å². The van der Waals surface area contributed by atoms with Crippen molar-refractivity contribution >= 4 is 30.4 Å². The van der Waals surface area contributed by atoms with Crippen LogP contribution in [0.4, 0.5) is 0 Å². The second-order valence-corrected chi connectivity index (χ2v) is 54.9. The van der Waals surface area contributed by atoms with Crippen LogP contribution in [0, 0.1) is 17.8 Å². The molecule has 0 bridgehead atoms. The van der Waals surface area contributed by atoms with Crippen molar-refractivity contribution in [1.82, 2.24) is 0 Å². The van der Waals surface area contributed by atoms with Crippen LogP contribution >= 0.6 is 0 Å². The Balaban J connectivity index is 0.000000475. The van der Waals surface area contributed by atoms with E-state index in [1.54, 1.807) is 49.7 Å². The van der Waals surface area contributed by atoms with Gasteiger partial charge in [0.25, 0.3) is 0 Å². The number of unbranched alkanes of at least 4 members (excludes halogenated alkanes) is 5. The number of rotatable bonds is 21. The quantitative estimate of drug-likeness (QED) is 0.101. The van der Waals surface area contributed by atoms with Crippen molar-refractivity contribution in [3.63, 3.8) is 0 Å². The van der Waals surface area contributed by atoms with Gasteiger partial charge < -0.3 is 0 Å². The second-order valence-electron chi connectivity index (χ2n) is 22.7. The van der Waals surface area contributed by atoms with E-state index < -0.39 is 30.4 Å². The molecule has 0 aliphatic heterocycles. The van der Waals surface area contributed by atoms with Gasteiger partial charge in [-0.2, -0.15) is 0 Å². The summed E-state index contributed by atoms with van der Waals surface area (Å²) >= 11 is 0. The molecule has 0 aromatic heterocycles. The summed E-state index contributed by atoms with van der Waals surface area (Å²) in [5.74, 6) is 3.30. The van der Waals surface area contributed by atoms with E-state index in [1.807, 2.05) is 0 Å². The Bertz CT molecular complexity index is 1170. The molecule has 59 heavy (non-hydrogen) atoms. The van der Waals surface area contributed by atoms with E-state index in [0.717, 1.165) is 39.9 Å². The topological polar surface area (TPSA) is 0 Å². The first-order valence-electron chi connectivity index (χ1n) is 25.9. The van der Waals surface area contributed by atoms with E-state index in [4.69, 9.17) is 0 Å². The van der Waals surface area contributed by atoms with Crippen molar-refractivity contribution in [2.24, 2.45) is 17.8 Å². The van der Waals surface area contributed by atoms with E-state index in [1.165, 1.54) is 122 Å². The van der Waals surface area contributed by atoms with E-state index in [-0.39, 0.29) is 37.7 Å².